The van der Waals surface area contributed by atoms with Crippen molar-refractivity contribution in [3.63, 3.8) is 0 Å². The van der Waals surface area contributed by atoms with Crippen LogP contribution < -0.4 is 0 Å². The van der Waals surface area contributed by atoms with Crippen LogP contribution in [0.5, 0.6) is 0 Å². The Kier molecular flexibility index (Phi) is 4.25. The molecule has 3 aromatic rings. The van der Waals surface area contributed by atoms with E-state index in [1.54, 1.807) is 0 Å². The Morgan fingerprint density at radius 3 is 2.57 bits per heavy atom. The van der Waals surface area contributed by atoms with Gasteiger partial charge in [-0.3, -0.25) is 0 Å². The molecule has 1 heterocycles. The van der Waals surface area contributed by atoms with Crippen LogP contribution in [0.1, 0.15) is 24.4 Å². The van der Waals surface area contributed by atoms with Gasteiger partial charge in [0.15, 0.2) is 0 Å². The van der Waals surface area contributed by atoms with E-state index in [4.69, 9.17) is 23.2 Å². The fraction of sp³-hybridized carbons (Fsp3) is 0.188. The van der Waals surface area contributed by atoms with Crippen molar-refractivity contribution < 1.29 is 0 Å². The number of rotatable bonds is 3. The highest BCUT2D eigenvalue weighted by atomic mass is 79.9. The van der Waals surface area contributed by atoms with Gasteiger partial charge in [0.1, 0.15) is 5.82 Å². The summed E-state index contributed by atoms with van der Waals surface area (Å²) in [6, 6.07) is 14.2. The molecule has 0 radical (unpaired) electrons. The number of hydrogen-bond acceptors (Lipinski definition) is 1. The maximum Gasteiger partial charge on any atom is 0.125 e. The number of aromatic nitrogens is 2. The second-order valence-electron chi connectivity index (χ2n) is 4.89. The molecular weight excluding hydrogens is 371 g/mol. The molecule has 0 amide bonds. The van der Waals surface area contributed by atoms with Gasteiger partial charge in [0.2, 0.25) is 0 Å². The second kappa shape index (κ2) is 5.99. The summed E-state index contributed by atoms with van der Waals surface area (Å²) in [6.45, 7) is 2.15. The zero-order chi connectivity index (χ0) is 15.0. The summed E-state index contributed by atoms with van der Waals surface area (Å²) in [5.74, 6) is 1.22. The monoisotopic (exact) mass is 382 g/mol. The second-order valence-corrected chi connectivity index (χ2v) is 6.51. The maximum absolute atomic E-state index is 6.08. The molecule has 0 aliphatic carbocycles. The number of alkyl halides is 1. The predicted molar refractivity (Wildman–Crippen MR) is 92.3 cm³/mol. The van der Waals surface area contributed by atoms with E-state index in [1.807, 2.05) is 30.3 Å². The number of fused-ring (bicyclic) bond motifs is 1. The van der Waals surface area contributed by atoms with E-state index in [0.29, 0.717) is 10.9 Å². The highest BCUT2D eigenvalue weighted by Gasteiger charge is 2.16. The quantitative estimate of drug-likeness (QED) is 0.522. The van der Waals surface area contributed by atoms with Crippen LogP contribution in [0.2, 0.25) is 5.02 Å². The SMILES string of the molecule is CC(c1ccc(Br)cc1)n1c(CCl)nc2cc(Cl)ccc21. The molecule has 1 atom stereocenters. The highest BCUT2D eigenvalue weighted by Crippen LogP contribution is 2.29. The lowest BCUT2D eigenvalue weighted by Gasteiger charge is -2.17. The van der Waals surface area contributed by atoms with E-state index in [2.05, 4.69) is 44.5 Å². The first-order valence-corrected chi connectivity index (χ1v) is 8.28. The fourth-order valence-corrected chi connectivity index (χ4v) is 3.16. The summed E-state index contributed by atoms with van der Waals surface area (Å²) in [5, 5.41) is 0.685. The van der Waals surface area contributed by atoms with Crippen molar-refractivity contribution in [2.75, 3.05) is 0 Å². The molecule has 0 saturated carbocycles. The molecule has 1 aromatic heterocycles. The molecule has 21 heavy (non-hydrogen) atoms. The lowest BCUT2D eigenvalue weighted by Crippen LogP contribution is -2.09. The molecule has 0 aliphatic rings. The Hall–Kier alpha value is -1.03. The summed E-state index contributed by atoms with van der Waals surface area (Å²) in [4.78, 5) is 4.59. The van der Waals surface area contributed by atoms with Crippen LogP contribution in [0.15, 0.2) is 46.9 Å². The van der Waals surface area contributed by atoms with Gasteiger partial charge >= 0.3 is 0 Å². The van der Waals surface area contributed by atoms with Gasteiger partial charge in [0, 0.05) is 9.50 Å². The van der Waals surface area contributed by atoms with E-state index < -0.39 is 0 Å². The van der Waals surface area contributed by atoms with Gasteiger partial charge in [-0.25, -0.2) is 4.98 Å². The summed E-state index contributed by atoms with van der Waals surface area (Å²) in [5.41, 5.74) is 3.13. The van der Waals surface area contributed by atoms with Gasteiger partial charge in [-0.1, -0.05) is 39.7 Å². The van der Waals surface area contributed by atoms with Gasteiger partial charge in [-0.2, -0.15) is 0 Å². The van der Waals surface area contributed by atoms with E-state index in [-0.39, 0.29) is 6.04 Å². The van der Waals surface area contributed by atoms with E-state index in [1.165, 1.54) is 5.56 Å². The van der Waals surface area contributed by atoms with Crippen molar-refractivity contribution in [2.45, 2.75) is 18.8 Å². The molecule has 1 unspecified atom stereocenters. The van der Waals surface area contributed by atoms with E-state index >= 15 is 0 Å². The number of nitrogens with zero attached hydrogens (tertiary/aromatic N) is 2. The van der Waals surface area contributed by atoms with Crippen molar-refractivity contribution >= 4 is 50.2 Å². The molecular formula is C16H13BrCl2N2. The average molecular weight is 384 g/mol. The minimum absolute atomic E-state index is 0.151. The zero-order valence-electron chi connectivity index (χ0n) is 11.4. The first-order chi connectivity index (χ1) is 10.1. The van der Waals surface area contributed by atoms with Crippen LogP contribution in [0.3, 0.4) is 0 Å². The largest absolute Gasteiger partial charge is 0.320 e. The van der Waals surface area contributed by atoms with Crippen molar-refractivity contribution in [3.05, 3.63) is 63.3 Å². The third kappa shape index (κ3) is 2.83. The number of imidazole rings is 1. The predicted octanol–water partition coefficient (Wildman–Crippen LogP) is 5.80. The standard InChI is InChI=1S/C16H13BrCl2N2/c1-10(11-2-4-12(17)5-3-11)21-15-7-6-13(19)8-14(15)20-16(21)9-18/h2-8,10H,9H2,1H3. The molecule has 3 rings (SSSR count). The van der Waals surface area contributed by atoms with Crippen LogP contribution in [0, 0.1) is 0 Å². The van der Waals surface area contributed by atoms with Crippen LogP contribution >= 0.6 is 39.1 Å². The summed E-state index contributed by atoms with van der Waals surface area (Å²) in [6.07, 6.45) is 0. The first kappa shape index (κ1) is 14.9. The Morgan fingerprint density at radius 2 is 1.90 bits per heavy atom. The summed E-state index contributed by atoms with van der Waals surface area (Å²) >= 11 is 15.6. The summed E-state index contributed by atoms with van der Waals surface area (Å²) in [7, 11) is 0. The molecule has 0 N–H and O–H groups in total. The topological polar surface area (TPSA) is 17.8 Å². The van der Waals surface area contributed by atoms with Gasteiger partial charge in [0.25, 0.3) is 0 Å². The third-order valence-electron chi connectivity index (χ3n) is 3.58. The lowest BCUT2D eigenvalue weighted by molar-refractivity contribution is 0.634. The van der Waals surface area contributed by atoms with Crippen LogP contribution in [0.4, 0.5) is 0 Å². The third-order valence-corrected chi connectivity index (χ3v) is 4.59. The number of halogens is 3. The molecule has 0 fully saturated rings. The maximum atomic E-state index is 6.08. The smallest absolute Gasteiger partial charge is 0.125 e. The average Bonchev–Trinajstić information content (AvgIpc) is 2.84. The molecule has 0 aliphatic heterocycles. The van der Waals surface area contributed by atoms with Crippen molar-refractivity contribution in [1.82, 2.24) is 9.55 Å². The number of benzene rings is 2. The van der Waals surface area contributed by atoms with Crippen LogP contribution in [0.25, 0.3) is 11.0 Å². The molecule has 0 saturated heterocycles. The van der Waals surface area contributed by atoms with Gasteiger partial charge < -0.3 is 4.57 Å². The highest BCUT2D eigenvalue weighted by molar-refractivity contribution is 9.10. The molecule has 2 nitrogen and oxygen atoms in total. The molecule has 2 aromatic carbocycles. The minimum Gasteiger partial charge on any atom is -0.320 e. The Labute approximate surface area is 141 Å². The Balaban J connectivity index is 2.16. The van der Waals surface area contributed by atoms with E-state index in [0.717, 1.165) is 21.3 Å². The molecule has 108 valence electrons. The van der Waals surface area contributed by atoms with Crippen molar-refractivity contribution in [1.29, 1.82) is 0 Å². The fourth-order valence-electron chi connectivity index (χ4n) is 2.54. The Bertz CT molecular complexity index is 781. The van der Waals surface area contributed by atoms with Crippen LogP contribution in [-0.4, -0.2) is 9.55 Å². The van der Waals surface area contributed by atoms with Gasteiger partial charge in [0.05, 0.1) is 23.0 Å². The van der Waals surface area contributed by atoms with Crippen molar-refractivity contribution in [2.24, 2.45) is 0 Å². The van der Waals surface area contributed by atoms with Gasteiger partial charge in [-0.05, 0) is 42.8 Å². The van der Waals surface area contributed by atoms with Crippen molar-refractivity contribution in [3.8, 4) is 0 Å². The normalized spacial score (nSPS) is 12.8. The molecule has 0 bridgehead atoms. The first-order valence-electron chi connectivity index (χ1n) is 6.58. The Morgan fingerprint density at radius 1 is 1.19 bits per heavy atom. The zero-order valence-corrected chi connectivity index (χ0v) is 14.5. The van der Waals surface area contributed by atoms with E-state index in [9.17, 15) is 0 Å². The number of hydrogen-bond donors (Lipinski definition) is 0. The summed E-state index contributed by atoms with van der Waals surface area (Å²) < 4.78 is 3.24. The molecule has 0 spiro atoms. The van der Waals surface area contributed by atoms with Gasteiger partial charge in [-0.15, -0.1) is 11.6 Å². The van der Waals surface area contributed by atoms with Crippen LogP contribution in [-0.2, 0) is 5.88 Å². The lowest BCUT2D eigenvalue weighted by atomic mass is 10.1. The molecule has 5 heteroatoms. The minimum atomic E-state index is 0.151.